The Hall–Kier alpha value is -1.81. The molecule has 4 heteroatoms. The van der Waals surface area contributed by atoms with Crippen molar-refractivity contribution < 1.29 is 4.74 Å². The van der Waals surface area contributed by atoms with E-state index in [0.29, 0.717) is 12.1 Å². The van der Waals surface area contributed by atoms with Crippen molar-refractivity contribution in [2.75, 3.05) is 17.7 Å². The molecule has 1 aliphatic rings. The van der Waals surface area contributed by atoms with Gasteiger partial charge in [-0.1, -0.05) is 0 Å². The fourth-order valence-corrected chi connectivity index (χ4v) is 2.69. The molecule has 1 aliphatic heterocycles. The first-order valence-electron chi connectivity index (χ1n) is 6.74. The average Bonchev–Trinajstić information content (AvgIpc) is 2.42. The van der Waals surface area contributed by atoms with Gasteiger partial charge < -0.3 is 15.8 Å². The van der Waals surface area contributed by atoms with Gasteiger partial charge in [-0.3, -0.25) is 4.98 Å². The molecular formula is C15H19N3O. The second kappa shape index (κ2) is 5.05. The molecular weight excluding hydrogens is 238 g/mol. The molecule has 3 rings (SSSR count). The molecule has 0 saturated carbocycles. The summed E-state index contributed by atoms with van der Waals surface area (Å²) in [6.07, 6.45) is 6.04. The first-order valence-corrected chi connectivity index (χ1v) is 6.74. The molecule has 0 spiro atoms. The van der Waals surface area contributed by atoms with E-state index < -0.39 is 0 Å². The third-order valence-corrected chi connectivity index (χ3v) is 3.70. The summed E-state index contributed by atoms with van der Waals surface area (Å²) in [6.45, 7) is 2.94. The van der Waals surface area contributed by atoms with Crippen LogP contribution in [0.4, 0.5) is 11.4 Å². The minimum Gasteiger partial charge on any atom is -0.398 e. The van der Waals surface area contributed by atoms with Gasteiger partial charge in [-0.2, -0.15) is 0 Å². The van der Waals surface area contributed by atoms with Crippen molar-refractivity contribution in [1.29, 1.82) is 0 Å². The maximum atomic E-state index is 6.00. The van der Waals surface area contributed by atoms with Crippen LogP contribution in [0.3, 0.4) is 0 Å². The van der Waals surface area contributed by atoms with Gasteiger partial charge in [0.2, 0.25) is 0 Å². The number of fused-ring (bicyclic) bond motifs is 1. The Morgan fingerprint density at radius 1 is 1.32 bits per heavy atom. The first-order chi connectivity index (χ1) is 9.24. The van der Waals surface area contributed by atoms with Gasteiger partial charge in [-0.15, -0.1) is 0 Å². The van der Waals surface area contributed by atoms with E-state index in [2.05, 4.69) is 17.2 Å². The van der Waals surface area contributed by atoms with Crippen LogP contribution in [0.2, 0.25) is 0 Å². The van der Waals surface area contributed by atoms with Gasteiger partial charge in [0.1, 0.15) is 0 Å². The summed E-state index contributed by atoms with van der Waals surface area (Å²) in [5, 5.41) is 5.75. The maximum Gasteiger partial charge on any atom is 0.0566 e. The summed E-state index contributed by atoms with van der Waals surface area (Å²) >= 11 is 0. The minimum absolute atomic E-state index is 0.324. The van der Waals surface area contributed by atoms with Crippen molar-refractivity contribution >= 4 is 22.1 Å². The molecule has 2 aromatic rings. The molecule has 1 saturated heterocycles. The average molecular weight is 257 g/mol. The summed E-state index contributed by atoms with van der Waals surface area (Å²) in [6, 6.07) is 6.41. The fraction of sp³-hybridized carbons (Fsp3) is 0.400. The summed E-state index contributed by atoms with van der Waals surface area (Å²) < 4.78 is 5.58. The lowest BCUT2D eigenvalue weighted by Crippen LogP contribution is -2.32. The topological polar surface area (TPSA) is 60.2 Å². The van der Waals surface area contributed by atoms with Crippen LogP contribution in [-0.4, -0.2) is 23.7 Å². The monoisotopic (exact) mass is 257 g/mol. The Morgan fingerprint density at radius 2 is 2.21 bits per heavy atom. The number of nitrogen functional groups attached to an aromatic ring is 1. The zero-order chi connectivity index (χ0) is 13.2. The van der Waals surface area contributed by atoms with E-state index in [1.807, 2.05) is 24.4 Å². The van der Waals surface area contributed by atoms with Crippen molar-refractivity contribution in [3.8, 4) is 0 Å². The Labute approximate surface area is 113 Å². The Bertz CT molecular complexity index is 585. The minimum atomic E-state index is 0.324. The van der Waals surface area contributed by atoms with Gasteiger partial charge in [-0.05, 0) is 38.0 Å². The number of hydrogen-bond donors (Lipinski definition) is 2. The lowest BCUT2D eigenvalue weighted by Gasteiger charge is -2.29. The Kier molecular flexibility index (Phi) is 3.25. The quantitative estimate of drug-likeness (QED) is 0.812. The van der Waals surface area contributed by atoms with Crippen LogP contribution in [0.1, 0.15) is 19.8 Å². The largest absolute Gasteiger partial charge is 0.398 e. The third-order valence-electron chi connectivity index (χ3n) is 3.70. The summed E-state index contributed by atoms with van der Waals surface area (Å²) in [5.41, 5.74) is 7.91. The van der Waals surface area contributed by atoms with E-state index in [9.17, 15) is 0 Å². The number of pyridine rings is 1. The van der Waals surface area contributed by atoms with E-state index in [1.165, 1.54) is 0 Å². The number of aromatic nitrogens is 1. The Balaban J connectivity index is 1.90. The highest BCUT2D eigenvalue weighted by molar-refractivity contribution is 6.00. The van der Waals surface area contributed by atoms with Crippen molar-refractivity contribution in [2.24, 2.45) is 0 Å². The maximum absolute atomic E-state index is 6.00. The predicted octanol–water partition coefficient (Wildman–Crippen LogP) is 2.80. The van der Waals surface area contributed by atoms with Gasteiger partial charge in [0, 0.05) is 47.2 Å². The van der Waals surface area contributed by atoms with Crippen molar-refractivity contribution in [3.63, 3.8) is 0 Å². The van der Waals surface area contributed by atoms with Crippen molar-refractivity contribution in [1.82, 2.24) is 4.98 Å². The van der Waals surface area contributed by atoms with Gasteiger partial charge in [-0.25, -0.2) is 0 Å². The number of hydrogen-bond acceptors (Lipinski definition) is 4. The van der Waals surface area contributed by atoms with Crippen LogP contribution >= 0.6 is 0 Å². The van der Waals surface area contributed by atoms with Crippen LogP contribution in [0.25, 0.3) is 10.8 Å². The van der Waals surface area contributed by atoms with Gasteiger partial charge in [0.05, 0.1) is 6.10 Å². The molecule has 1 aromatic heterocycles. The van der Waals surface area contributed by atoms with E-state index in [-0.39, 0.29) is 0 Å². The van der Waals surface area contributed by atoms with E-state index in [4.69, 9.17) is 10.5 Å². The van der Waals surface area contributed by atoms with Crippen LogP contribution in [0, 0.1) is 0 Å². The number of nitrogens with zero attached hydrogens (tertiary/aromatic N) is 1. The number of rotatable bonds is 2. The lowest BCUT2D eigenvalue weighted by atomic mass is 10.0. The molecule has 100 valence electrons. The molecule has 19 heavy (non-hydrogen) atoms. The number of benzene rings is 1. The molecule has 0 aliphatic carbocycles. The van der Waals surface area contributed by atoms with Crippen molar-refractivity contribution in [2.45, 2.75) is 31.9 Å². The number of nitrogens with one attached hydrogen (secondary N) is 1. The van der Waals surface area contributed by atoms with Crippen LogP contribution in [0.15, 0.2) is 30.6 Å². The second-order valence-corrected chi connectivity index (χ2v) is 5.17. The Morgan fingerprint density at radius 3 is 3.05 bits per heavy atom. The summed E-state index contributed by atoms with van der Waals surface area (Å²) in [7, 11) is 0. The molecule has 3 N–H and O–H groups in total. The SMILES string of the molecule is CC1CC(Nc2ccc(N)c3ccncc23)CCO1. The molecule has 1 aromatic carbocycles. The standard InChI is InChI=1S/C15H19N3O/c1-10-8-11(5-7-19-10)18-15-3-2-14(16)12-4-6-17-9-13(12)15/h2-4,6,9-11,18H,5,7-8,16H2,1H3. The molecule has 0 radical (unpaired) electrons. The molecule has 2 heterocycles. The van der Waals surface area contributed by atoms with Gasteiger partial charge in [0.15, 0.2) is 0 Å². The van der Waals surface area contributed by atoms with Gasteiger partial charge >= 0.3 is 0 Å². The molecule has 0 bridgehead atoms. The first kappa shape index (κ1) is 12.2. The fourth-order valence-electron chi connectivity index (χ4n) is 2.69. The predicted molar refractivity (Wildman–Crippen MR) is 78.2 cm³/mol. The third kappa shape index (κ3) is 2.49. The van der Waals surface area contributed by atoms with E-state index in [0.717, 1.165) is 41.6 Å². The second-order valence-electron chi connectivity index (χ2n) is 5.17. The highest BCUT2D eigenvalue weighted by Crippen LogP contribution is 2.29. The number of nitrogens with two attached hydrogens (primary N) is 1. The molecule has 0 amide bonds. The molecule has 4 nitrogen and oxygen atoms in total. The van der Waals surface area contributed by atoms with Crippen LogP contribution < -0.4 is 11.1 Å². The smallest absolute Gasteiger partial charge is 0.0566 e. The number of ether oxygens (including phenoxy) is 1. The molecule has 2 unspecified atom stereocenters. The van der Waals surface area contributed by atoms with Crippen molar-refractivity contribution in [3.05, 3.63) is 30.6 Å². The highest BCUT2D eigenvalue weighted by atomic mass is 16.5. The number of anilines is 2. The van der Waals surface area contributed by atoms with Gasteiger partial charge in [0.25, 0.3) is 0 Å². The zero-order valence-electron chi connectivity index (χ0n) is 11.1. The summed E-state index contributed by atoms with van der Waals surface area (Å²) in [5.74, 6) is 0. The molecule has 2 atom stereocenters. The van der Waals surface area contributed by atoms with E-state index >= 15 is 0 Å². The normalized spacial score (nSPS) is 23.4. The van der Waals surface area contributed by atoms with Crippen LogP contribution in [-0.2, 0) is 4.74 Å². The summed E-state index contributed by atoms with van der Waals surface area (Å²) in [4.78, 5) is 4.20. The molecule has 1 fully saturated rings. The lowest BCUT2D eigenvalue weighted by molar-refractivity contribution is 0.0232. The zero-order valence-corrected chi connectivity index (χ0v) is 11.1. The van der Waals surface area contributed by atoms with E-state index in [1.54, 1.807) is 6.20 Å². The highest BCUT2D eigenvalue weighted by Gasteiger charge is 2.19. The van der Waals surface area contributed by atoms with Crippen LogP contribution in [0.5, 0.6) is 0 Å².